The van der Waals surface area contributed by atoms with E-state index in [0.29, 0.717) is 6.54 Å². The number of benzene rings is 1. The van der Waals surface area contributed by atoms with E-state index in [2.05, 4.69) is 10.1 Å². The van der Waals surface area contributed by atoms with E-state index in [1.807, 2.05) is 0 Å². The summed E-state index contributed by atoms with van der Waals surface area (Å²) < 4.78 is 4.60. The van der Waals surface area contributed by atoms with Crippen molar-refractivity contribution in [2.75, 3.05) is 19.0 Å². The number of nitrogens with zero attached hydrogens (tertiary/aromatic N) is 1. The standard InChI is InChI=1S/C17H23N3O5/c1-25-16(22)12-7-13(9-14(8-12)20(23)24)19-15(21)10-17(11-18)5-3-2-4-6-17/h7-9H,2-6,10-11,18H2,1H3,(H,19,21). The summed E-state index contributed by atoms with van der Waals surface area (Å²) in [7, 11) is 1.19. The number of carbonyl (C=O) groups is 2. The van der Waals surface area contributed by atoms with Crippen molar-refractivity contribution in [1.29, 1.82) is 0 Å². The van der Waals surface area contributed by atoms with Crippen molar-refractivity contribution in [3.05, 3.63) is 33.9 Å². The second kappa shape index (κ2) is 8.06. The molecule has 0 aliphatic heterocycles. The zero-order chi connectivity index (χ0) is 18.4. The van der Waals surface area contributed by atoms with Crippen molar-refractivity contribution in [3.63, 3.8) is 0 Å². The minimum absolute atomic E-state index is 0.0122. The lowest BCUT2D eigenvalue weighted by Gasteiger charge is -2.35. The number of rotatable bonds is 6. The fourth-order valence-electron chi connectivity index (χ4n) is 3.33. The van der Waals surface area contributed by atoms with E-state index in [1.165, 1.54) is 19.2 Å². The van der Waals surface area contributed by atoms with Gasteiger partial charge in [0, 0.05) is 24.2 Å². The number of hydrogen-bond donors (Lipinski definition) is 2. The van der Waals surface area contributed by atoms with Gasteiger partial charge in [0.2, 0.25) is 5.91 Å². The summed E-state index contributed by atoms with van der Waals surface area (Å²) in [6.45, 7) is 0.433. The second-order valence-corrected chi connectivity index (χ2v) is 6.51. The predicted octanol–water partition coefficient (Wildman–Crippen LogP) is 2.62. The highest BCUT2D eigenvalue weighted by atomic mass is 16.6. The lowest BCUT2D eigenvalue weighted by Crippen LogP contribution is -2.36. The topological polar surface area (TPSA) is 125 Å². The highest BCUT2D eigenvalue weighted by Gasteiger charge is 2.33. The highest BCUT2D eigenvalue weighted by Crippen LogP contribution is 2.38. The molecule has 0 radical (unpaired) electrons. The fraction of sp³-hybridized carbons (Fsp3) is 0.529. The van der Waals surface area contributed by atoms with Crippen LogP contribution in [-0.2, 0) is 9.53 Å². The molecule has 0 aromatic heterocycles. The van der Waals surface area contributed by atoms with Gasteiger partial charge in [-0.05, 0) is 30.9 Å². The number of ether oxygens (including phenoxy) is 1. The fourth-order valence-corrected chi connectivity index (χ4v) is 3.33. The normalized spacial score (nSPS) is 16.1. The molecule has 3 N–H and O–H groups in total. The summed E-state index contributed by atoms with van der Waals surface area (Å²) in [6, 6.07) is 3.71. The zero-order valence-corrected chi connectivity index (χ0v) is 14.2. The first kappa shape index (κ1) is 18.9. The molecule has 0 saturated heterocycles. The van der Waals surface area contributed by atoms with Crippen molar-refractivity contribution in [2.45, 2.75) is 38.5 Å². The molecular weight excluding hydrogens is 326 g/mol. The van der Waals surface area contributed by atoms with E-state index in [9.17, 15) is 19.7 Å². The van der Waals surface area contributed by atoms with E-state index in [1.54, 1.807) is 0 Å². The maximum Gasteiger partial charge on any atom is 0.338 e. The number of esters is 1. The van der Waals surface area contributed by atoms with Gasteiger partial charge >= 0.3 is 5.97 Å². The van der Waals surface area contributed by atoms with E-state index < -0.39 is 10.9 Å². The average molecular weight is 349 g/mol. The third kappa shape index (κ3) is 4.76. The Morgan fingerprint density at radius 1 is 1.28 bits per heavy atom. The van der Waals surface area contributed by atoms with Gasteiger partial charge in [-0.15, -0.1) is 0 Å². The van der Waals surface area contributed by atoms with Crippen LogP contribution in [-0.4, -0.2) is 30.5 Å². The Morgan fingerprint density at radius 3 is 2.52 bits per heavy atom. The summed E-state index contributed by atoms with van der Waals surface area (Å²) in [5.74, 6) is -0.964. The zero-order valence-electron chi connectivity index (χ0n) is 14.2. The third-order valence-corrected chi connectivity index (χ3v) is 4.72. The molecular formula is C17H23N3O5. The predicted molar refractivity (Wildman–Crippen MR) is 92.3 cm³/mol. The van der Waals surface area contributed by atoms with Crippen molar-refractivity contribution in [2.24, 2.45) is 11.1 Å². The number of anilines is 1. The van der Waals surface area contributed by atoms with Crippen molar-refractivity contribution in [1.82, 2.24) is 0 Å². The highest BCUT2D eigenvalue weighted by molar-refractivity contribution is 5.95. The molecule has 1 saturated carbocycles. The maximum absolute atomic E-state index is 12.4. The lowest BCUT2D eigenvalue weighted by atomic mass is 9.71. The van der Waals surface area contributed by atoms with Crippen LogP contribution in [0.4, 0.5) is 11.4 Å². The molecule has 1 aliphatic carbocycles. The number of nitro benzene ring substituents is 1. The Labute approximate surface area is 145 Å². The quantitative estimate of drug-likeness (QED) is 0.462. The van der Waals surface area contributed by atoms with Crippen molar-refractivity contribution >= 4 is 23.3 Å². The van der Waals surface area contributed by atoms with Crippen molar-refractivity contribution < 1.29 is 19.2 Å². The van der Waals surface area contributed by atoms with E-state index in [0.717, 1.165) is 38.2 Å². The molecule has 0 unspecified atom stereocenters. The Balaban J connectivity index is 2.17. The minimum atomic E-state index is -0.704. The van der Waals surface area contributed by atoms with Gasteiger partial charge in [0.1, 0.15) is 0 Å². The van der Waals surface area contributed by atoms with Gasteiger partial charge in [0.15, 0.2) is 0 Å². The number of nitrogens with two attached hydrogens (primary N) is 1. The number of nitrogens with one attached hydrogen (secondary N) is 1. The minimum Gasteiger partial charge on any atom is -0.465 e. The van der Waals surface area contributed by atoms with Crippen LogP contribution in [0.5, 0.6) is 0 Å². The van der Waals surface area contributed by atoms with Gasteiger partial charge < -0.3 is 15.8 Å². The number of hydrogen-bond acceptors (Lipinski definition) is 6. The van der Waals surface area contributed by atoms with Crippen LogP contribution in [0.3, 0.4) is 0 Å². The molecule has 1 aromatic rings. The first-order valence-corrected chi connectivity index (χ1v) is 8.27. The Morgan fingerprint density at radius 2 is 1.96 bits per heavy atom. The largest absolute Gasteiger partial charge is 0.465 e. The number of non-ortho nitro benzene ring substituents is 1. The summed E-state index contributed by atoms with van der Waals surface area (Å²) in [5, 5.41) is 13.7. The summed E-state index contributed by atoms with van der Waals surface area (Å²) in [4.78, 5) is 34.5. The molecule has 0 spiro atoms. The molecule has 25 heavy (non-hydrogen) atoms. The van der Waals surface area contributed by atoms with Crippen LogP contribution >= 0.6 is 0 Å². The van der Waals surface area contributed by atoms with Gasteiger partial charge in [0.05, 0.1) is 17.6 Å². The number of nitro groups is 1. The molecule has 1 fully saturated rings. The molecule has 8 heteroatoms. The Kier molecular flexibility index (Phi) is 6.08. The first-order valence-electron chi connectivity index (χ1n) is 8.27. The van der Waals surface area contributed by atoms with E-state index in [-0.39, 0.29) is 34.7 Å². The van der Waals surface area contributed by atoms with Crippen LogP contribution in [0.25, 0.3) is 0 Å². The monoisotopic (exact) mass is 349 g/mol. The van der Waals surface area contributed by atoms with Crippen LogP contribution in [0, 0.1) is 15.5 Å². The van der Waals surface area contributed by atoms with Gasteiger partial charge in [-0.3, -0.25) is 14.9 Å². The van der Waals surface area contributed by atoms with Crippen LogP contribution in [0.15, 0.2) is 18.2 Å². The van der Waals surface area contributed by atoms with Gasteiger partial charge in [-0.2, -0.15) is 0 Å². The number of methoxy groups -OCH3 is 1. The Hall–Kier alpha value is -2.48. The SMILES string of the molecule is COC(=O)c1cc(NC(=O)CC2(CN)CCCCC2)cc([N+](=O)[O-])c1. The summed E-state index contributed by atoms with van der Waals surface area (Å²) in [6.07, 6.45) is 5.32. The third-order valence-electron chi connectivity index (χ3n) is 4.72. The van der Waals surface area contributed by atoms with Gasteiger partial charge in [-0.25, -0.2) is 4.79 Å². The van der Waals surface area contributed by atoms with Gasteiger partial charge in [0.25, 0.3) is 5.69 Å². The summed E-state index contributed by atoms with van der Waals surface area (Å²) in [5.41, 5.74) is 5.60. The molecule has 0 heterocycles. The Bertz CT molecular complexity index is 668. The molecule has 1 aliphatic rings. The molecule has 1 amide bonds. The molecule has 136 valence electrons. The molecule has 2 rings (SSSR count). The van der Waals surface area contributed by atoms with Gasteiger partial charge in [-0.1, -0.05) is 19.3 Å². The van der Waals surface area contributed by atoms with Crippen LogP contribution in [0.1, 0.15) is 48.9 Å². The van der Waals surface area contributed by atoms with Crippen molar-refractivity contribution in [3.8, 4) is 0 Å². The number of amides is 1. The average Bonchev–Trinajstić information content (AvgIpc) is 2.61. The second-order valence-electron chi connectivity index (χ2n) is 6.51. The van der Waals surface area contributed by atoms with E-state index in [4.69, 9.17) is 5.73 Å². The molecule has 0 atom stereocenters. The van der Waals surface area contributed by atoms with Crippen LogP contribution < -0.4 is 11.1 Å². The first-order chi connectivity index (χ1) is 11.9. The van der Waals surface area contributed by atoms with E-state index >= 15 is 0 Å². The molecule has 8 nitrogen and oxygen atoms in total. The molecule has 0 bridgehead atoms. The number of carbonyl (C=O) groups excluding carboxylic acids is 2. The lowest BCUT2D eigenvalue weighted by molar-refractivity contribution is -0.384. The maximum atomic E-state index is 12.4. The summed E-state index contributed by atoms with van der Waals surface area (Å²) >= 11 is 0. The smallest absolute Gasteiger partial charge is 0.338 e. The molecule has 1 aromatic carbocycles. The van der Waals surface area contributed by atoms with Crippen LogP contribution in [0.2, 0.25) is 0 Å².